The first-order valence-electron chi connectivity index (χ1n) is 14.9. The Hall–Kier alpha value is -6.22. The van der Waals surface area contributed by atoms with Crippen LogP contribution in [0.25, 0.3) is 22.1 Å². The maximum atomic E-state index is 14.4. The maximum Gasteiger partial charge on any atom is 0.413 e. The Bertz CT molecular complexity index is 2270. The molecule has 4 aromatic heterocycles. The molecule has 4 heterocycles. The highest BCUT2D eigenvalue weighted by atomic mass is 16.6. The van der Waals surface area contributed by atoms with E-state index < -0.39 is 23.6 Å². The van der Waals surface area contributed by atoms with E-state index in [-0.39, 0.29) is 22.6 Å². The molecule has 47 heavy (non-hydrogen) atoms. The van der Waals surface area contributed by atoms with Crippen molar-refractivity contribution in [3.05, 3.63) is 118 Å². The lowest BCUT2D eigenvalue weighted by Gasteiger charge is -2.21. The highest BCUT2D eigenvalue weighted by molar-refractivity contribution is 6.07. The van der Waals surface area contributed by atoms with Crippen molar-refractivity contribution in [2.75, 3.05) is 5.32 Å². The minimum Gasteiger partial charge on any atom is -0.444 e. The van der Waals surface area contributed by atoms with Crippen LogP contribution >= 0.6 is 0 Å². The molecule has 0 aliphatic carbocycles. The second kappa shape index (κ2) is 12.3. The van der Waals surface area contributed by atoms with Crippen molar-refractivity contribution in [2.45, 2.75) is 39.3 Å². The van der Waals surface area contributed by atoms with Crippen molar-refractivity contribution < 1.29 is 14.3 Å². The second-order valence-electron chi connectivity index (χ2n) is 11.9. The number of anilines is 1. The van der Waals surface area contributed by atoms with Crippen molar-refractivity contribution in [1.29, 1.82) is 0 Å². The van der Waals surface area contributed by atoms with Crippen LogP contribution < -0.4 is 16.2 Å². The number of amides is 2. The third-order valence-corrected chi connectivity index (χ3v) is 7.17. The predicted molar refractivity (Wildman–Crippen MR) is 177 cm³/mol. The van der Waals surface area contributed by atoms with E-state index in [4.69, 9.17) is 4.74 Å². The quantitative estimate of drug-likeness (QED) is 0.256. The van der Waals surface area contributed by atoms with Gasteiger partial charge in [-0.15, -0.1) is 5.10 Å². The van der Waals surface area contributed by atoms with Gasteiger partial charge in [0.2, 0.25) is 0 Å². The molecule has 1 atom stereocenters. The molecule has 0 saturated heterocycles. The van der Waals surface area contributed by atoms with Gasteiger partial charge in [-0.2, -0.15) is 5.10 Å². The van der Waals surface area contributed by atoms with Crippen molar-refractivity contribution in [3.63, 3.8) is 0 Å². The Morgan fingerprint density at radius 2 is 1.81 bits per heavy atom. The van der Waals surface area contributed by atoms with E-state index in [0.717, 1.165) is 5.56 Å². The number of rotatable bonds is 5. The van der Waals surface area contributed by atoms with Gasteiger partial charge in [0.05, 0.1) is 23.2 Å². The van der Waals surface area contributed by atoms with Crippen LogP contribution in [0.2, 0.25) is 0 Å². The fraction of sp³-hybridized carbons (Fsp3) is 0.200. The van der Waals surface area contributed by atoms with E-state index >= 15 is 0 Å². The molecule has 0 aliphatic rings. The standard InChI is InChI=1S/C35H32N8O4/c1-22(38-32(44)29-30(39-34(46)47-35(2,3)4)40-42-18-10-17-36-31(29)42)27-19-25-12-9-11-24(16-15-23-20-37-41(5)21-23)28(25)33(45)43(27)26-13-7-6-8-14-26/h6-14,17-22H,1-5H3,(H,38,44)(H,39,40,46)/t22-/m0/s1. The lowest BCUT2D eigenvalue weighted by molar-refractivity contribution is 0.0635. The Morgan fingerprint density at radius 3 is 2.53 bits per heavy atom. The lowest BCUT2D eigenvalue weighted by Crippen LogP contribution is -2.33. The lowest BCUT2D eigenvalue weighted by atomic mass is 10.0. The average molecular weight is 629 g/mol. The molecule has 0 aliphatic heterocycles. The summed E-state index contributed by atoms with van der Waals surface area (Å²) in [5, 5.41) is 15.2. The molecule has 2 amide bonds. The van der Waals surface area contributed by atoms with Gasteiger partial charge in [0.1, 0.15) is 11.2 Å². The fourth-order valence-corrected chi connectivity index (χ4v) is 5.20. The second-order valence-corrected chi connectivity index (χ2v) is 11.9. The number of hydrogen-bond acceptors (Lipinski definition) is 7. The topological polar surface area (TPSA) is 137 Å². The van der Waals surface area contributed by atoms with E-state index in [0.29, 0.717) is 27.7 Å². The molecule has 6 aromatic rings. The van der Waals surface area contributed by atoms with E-state index in [1.165, 1.54) is 10.7 Å². The average Bonchev–Trinajstić information content (AvgIpc) is 3.61. The van der Waals surface area contributed by atoms with Gasteiger partial charge in [-0.3, -0.25) is 24.2 Å². The highest BCUT2D eigenvalue weighted by Gasteiger charge is 2.27. The van der Waals surface area contributed by atoms with Gasteiger partial charge < -0.3 is 10.1 Å². The number of benzene rings is 2. The molecular formula is C35H32N8O4. The van der Waals surface area contributed by atoms with Crippen LogP contribution in [0.3, 0.4) is 0 Å². The summed E-state index contributed by atoms with van der Waals surface area (Å²) >= 11 is 0. The van der Waals surface area contributed by atoms with E-state index in [2.05, 4.69) is 37.7 Å². The first-order chi connectivity index (χ1) is 22.5. The number of aromatic nitrogens is 6. The summed E-state index contributed by atoms with van der Waals surface area (Å²) in [5.74, 6) is 5.67. The normalized spacial score (nSPS) is 11.9. The minimum atomic E-state index is -0.766. The number of aryl methyl sites for hydroxylation is 1. The summed E-state index contributed by atoms with van der Waals surface area (Å²) in [5.41, 5.74) is 1.68. The number of carbonyl (C=O) groups is 2. The molecule has 0 bridgehead atoms. The zero-order valence-electron chi connectivity index (χ0n) is 26.5. The van der Waals surface area contributed by atoms with Crippen molar-refractivity contribution >= 4 is 34.2 Å². The van der Waals surface area contributed by atoms with Crippen molar-refractivity contribution in [1.82, 2.24) is 34.3 Å². The summed E-state index contributed by atoms with van der Waals surface area (Å²) < 4.78 is 10.0. The third-order valence-electron chi connectivity index (χ3n) is 7.17. The molecule has 0 unspecified atom stereocenters. The zero-order chi connectivity index (χ0) is 33.3. The summed E-state index contributed by atoms with van der Waals surface area (Å²) in [6, 6.07) is 17.5. The number of hydrogen-bond donors (Lipinski definition) is 2. The maximum absolute atomic E-state index is 14.4. The first-order valence-corrected chi connectivity index (χ1v) is 14.9. The van der Waals surface area contributed by atoms with Crippen LogP contribution in [0.5, 0.6) is 0 Å². The molecule has 0 fully saturated rings. The number of pyridine rings is 1. The molecule has 236 valence electrons. The molecular weight excluding hydrogens is 596 g/mol. The molecule has 0 radical (unpaired) electrons. The molecule has 2 aromatic carbocycles. The number of ether oxygens (including phenoxy) is 1. The Morgan fingerprint density at radius 1 is 1.02 bits per heavy atom. The van der Waals surface area contributed by atoms with Gasteiger partial charge in [-0.1, -0.05) is 42.2 Å². The summed E-state index contributed by atoms with van der Waals surface area (Å²) in [4.78, 5) is 45.3. The van der Waals surface area contributed by atoms with Crippen LogP contribution in [0.15, 0.2) is 90.2 Å². The Kier molecular flexibility index (Phi) is 8.05. The minimum absolute atomic E-state index is 0.0153. The largest absolute Gasteiger partial charge is 0.444 e. The van der Waals surface area contributed by atoms with Gasteiger partial charge in [0.15, 0.2) is 11.5 Å². The van der Waals surface area contributed by atoms with Gasteiger partial charge >= 0.3 is 6.09 Å². The number of para-hydroxylation sites is 1. The van der Waals surface area contributed by atoms with Gasteiger partial charge in [0.25, 0.3) is 11.5 Å². The number of nitrogens with zero attached hydrogens (tertiary/aromatic N) is 6. The van der Waals surface area contributed by atoms with E-state index in [9.17, 15) is 14.4 Å². The van der Waals surface area contributed by atoms with Crippen molar-refractivity contribution in [2.24, 2.45) is 7.05 Å². The van der Waals surface area contributed by atoms with Crippen LogP contribution in [-0.4, -0.2) is 46.5 Å². The number of carbonyl (C=O) groups excluding carboxylic acids is 2. The third kappa shape index (κ3) is 6.46. The molecule has 12 nitrogen and oxygen atoms in total. The van der Waals surface area contributed by atoms with E-state index in [1.807, 2.05) is 61.6 Å². The Balaban J connectivity index is 1.42. The fourth-order valence-electron chi connectivity index (χ4n) is 5.20. The van der Waals surface area contributed by atoms with Gasteiger partial charge in [0, 0.05) is 42.6 Å². The predicted octanol–water partition coefficient (Wildman–Crippen LogP) is 5.00. The zero-order valence-corrected chi connectivity index (χ0v) is 26.5. The summed E-state index contributed by atoms with van der Waals surface area (Å²) in [7, 11) is 1.81. The van der Waals surface area contributed by atoms with Crippen LogP contribution in [0.4, 0.5) is 10.6 Å². The number of fused-ring (bicyclic) bond motifs is 2. The van der Waals surface area contributed by atoms with E-state index in [1.54, 1.807) is 61.6 Å². The Labute approximate surface area is 270 Å². The van der Waals surface area contributed by atoms with Crippen LogP contribution in [-0.2, 0) is 11.8 Å². The molecule has 0 spiro atoms. The molecule has 0 saturated carbocycles. The molecule has 12 heteroatoms. The first kappa shape index (κ1) is 30.8. The number of nitrogens with one attached hydrogen (secondary N) is 2. The smallest absolute Gasteiger partial charge is 0.413 e. The highest BCUT2D eigenvalue weighted by Crippen LogP contribution is 2.25. The molecule has 2 N–H and O–H groups in total. The van der Waals surface area contributed by atoms with Gasteiger partial charge in [-0.05, 0) is 63.4 Å². The van der Waals surface area contributed by atoms with Crippen molar-refractivity contribution in [3.8, 4) is 17.5 Å². The van der Waals surface area contributed by atoms with Gasteiger partial charge in [-0.25, -0.2) is 14.3 Å². The SMILES string of the molecule is C[C@H](NC(=O)c1c(NC(=O)OC(C)(C)C)nn2cccnc12)c1cc2cccc(C#Cc3cnn(C)c3)c2c(=O)n1-c1ccccc1. The van der Waals surface area contributed by atoms with Crippen LogP contribution in [0, 0.1) is 11.8 Å². The summed E-state index contributed by atoms with van der Waals surface area (Å²) in [6.07, 6.45) is 5.85. The monoisotopic (exact) mass is 628 g/mol. The molecule has 6 rings (SSSR count). The van der Waals surface area contributed by atoms with Crippen LogP contribution in [0.1, 0.15) is 60.9 Å². The summed E-state index contributed by atoms with van der Waals surface area (Å²) in [6.45, 7) is 6.99.